The van der Waals surface area contributed by atoms with Crippen LogP contribution in [0.15, 0.2) is 34.4 Å². The average molecular weight is 327 g/mol. The van der Waals surface area contributed by atoms with E-state index in [0.717, 1.165) is 11.3 Å². The summed E-state index contributed by atoms with van der Waals surface area (Å²) in [5, 5.41) is 13.1. The summed E-state index contributed by atoms with van der Waals surface area (Å²) in [7, 11) is 0. The highest BCUT2D eigenvalue weighted by Gasteiger charge is 2.15. The van der Waals surface area contributed by atoms with Crippen molar-refractivity contribution in [2.45, 2.75) is 0 Å². The number of hydrogen-bond donors (Lipinski definition) is 2. The highest BCUT2D eigenvalue weighted by Crippen LogP contribution is 2.23. The van der Waals surface area contributed by atoms with E-state index < -0.39 is 11.9 Å². The molecule has 2 aromatic rings. The second-order valence-corrected chi connectivity index (χ2v) is 5.15. The number of anilines is 1. The van der Waals surface area contributed by atoms with E-state index in [4.69, 9.17) is 5.11 Å². The largest absolute Gasteiger partial charge is 0.477 e. The number of thiophene rings is 1. The van der Waals surface area contributed by atoms with Gasteiger partial charge in [0.15, 0.2) is 0 Å². The van der Waals surface area contributed by atoms with Gasteiger partial charge in [0.25, 0.3) is 5.91 Å². The summed E-state index contributed by atoms with van der Waals surface area (Å²) in [4.78, 5) is 26.7. The van der Waals surface area contributed by atoms with E-state index in [-0.39, 0.29) is 10.6 Å². The van der Waals surface area contributed by atoms with Gasteiger partial charge in [0.2, 0.25) is 0 Å². The maximum atomic E-state index is 11.9. The Hall–Kier alpha value is -1.73. The number of carboxylic acids is 1. The zero-order valence-electron chi connectivity index (χ0n) is 8.88. The van der Waals surface area contributed by atoms with Gasteiger partial charge in [-0.25, -0.2) is 4.79 Å². The number of aromatic nitrogens is 1. The number of nitrogens with one attached hydrogen (secondary N) is 1. The molecular weight excluding hydrogens is 320 g/mol. The molecule has 0 saturated heterocycles. The van der Waals surface area contributed by atoms with E-state index in [1.54, 1.807) is 23.7 Å². The molecule has 1 amide bonds. The summed E-state index contributed by atoms with van der Waals surface area (Å²) in [5.74, 6) is -1.46. The van der Waals surface area contributed by atoms with Gasteiger partial charge in [-0.15, -0.1) is 11.3 Å². The maximum absolute atomic E-state index is 11.9. The van der Waals surface area contributed by atoms with Gasteiger partial charge in [-0.05, 0) is 33.4 Å². The van der Waals surface area contributed by atoms with E-state index >= 15 is 0 Å². The van der Waals surface area contributed by atoms with E-state index in [2.05, 4.69) is 26.2 Å². The Labute approximate surface area is 115 Å². The van der Waals surface area contributed by atoms with Gasteiger partial charge in [0.05, 0.1) is 11.3 Å². The Morgan fingerprint density at radius 1 is 1.39 bits per heavy atom. The van der Waals surface area contributed by atoms with Gasteiger partial charge in [0, 0.05) is 16.9 Å². The van der Waals surface area contributed by atoms with Crippen molar-refractivity contribution in [3.63, 3.8) is 0 Å². The Bertz CT molecular complexity index is 612. The van der Waals surface area contributed by atoms with Gasteiger partial charge in [-0.1, -0.05) is 0 Å². The van der Waals surface area contributed by atoms with Crippen molar-refractivity contribution in [3.8, 4) is 0 Å². The minimum absolute atomic E-state index is 0.103. The molecule has 18 heavy (non-hydrogen) atoms. The summed E-state index contributed by atoms with van der Waals surface area (Å²) in [6, 6.07) is 3.16. The monoisotopic (exact) mass is 326 g/mol. The number of aromatic carboxylic acids is 1. The summed E-state index contributed by atoms with van der Waals surface area (Å²) in [6.07, 6.45) is 2.97. The summed E-state index contributed by atoms with van der Waals surface area (Å²) in [5.41, 5.74) is 0.643. The maximum Gasteiger partial charge on any atom is 0.348 e. The molecule has 2 aromatic heterocycles. The summed E-state index contributed by atoms with van der Waals surface area (Å²) >= 11 is 4.27. The van der Waals surface area contributed by atoms with E-state index in [1.165, 1.54) is 6.20 Å². The fourth-order valence-electron chi connectivity index (χ4n) is 1.30. The average Bonchev–Trinajstić information content (AvgIpc) is 2.77. The van der Waals surface area contributed by atoms with Crippen LogP contribution < -0.4 is 5.32 Å². The van der Waals surface area contributed by atoms with E-state index in [9.17, 15) is 9.59 Å². The molecule has 0 spiro atoms. The number of halogens is 1. The zero-order valence-corrected chi connectivity index (χ0v) is 11.3. The molecule has 0 fully saturated rings. The van der Waals surface area contributed by atoms with Crippen LogP contribution in [-0.2, 0) is 0 Å². The first-order valence-electron chi connectivity index (χ1n) is 4.80. The van der Waals surface area contributed by atoms with Crippen LogP contribution in [0.1, 0.15) is 20.0 Å². The molecule has 0 radical (unpaired) electrons. The highest BCUT2D eigenvalue weighted by atomic mass is 79.9. The highest BCUT2D eigenvalue weighted by molar-refractivity contribution is 9.10. The van der Waals surface area contributed by atoms with Crippen molar-refractivity contribution in [3.05, 3.63) is 44.8 Å². The quantitative estimate of drug-likeness (QED) is 0.908. The standard InChI is InChI=1S/C11H7BrN2O3S/c12-7-3-6(4-13-5-7)10(15)14-8-1-2-18-9(8)11(16)17/h1-5H,(H,14,15)(H,16,17). The fraction of sp³-hybridized carbons (Fsp3) is 0. The lowest BCUT2D eigenvalue weighted by molar-refractivity contribution is 0.0703. The zero-order chi connectivity index (χ0) is 13.1. The molecule has 2 N–H and O–H groups in total. The lowest BCUT2D eigenvalue weighted by Crippen LogP contribution is -2.13. The third-order valence-corrected chi connectivity index (χ3v) is 3.41. The third kappa shape index (κ3) is 2.74. The first-order valence-corrected chi connectivity index (χ1v) is 6.48. The second kappa shape index (κ2) is 5.28. The summed E-state index contributed by atoms with van der Waals surface area (Å²) in [6.45, 7) is 0. The molecule has 5 nitrogen and oxygen atoms in total. The summed E-state index contributed by atoms with van der Waals surface area (Å²) < 4.78 is 0.680. The van der Waals surface area contributed by atoms with Crippen LogP contribution in [0, 0.1) is 0 Å². The van der Waals surface area contributed by atoms with E-state index in [1.807, 2.05) is 0 Å². The van der Waals surface area contributed by atoms with Crippen LogP contribution in [0.2, 0.25) is 0 Å². The van der Waals surface area contributed by atoms with Gasteiger partial charge in [0.1, 0.15) is 4.88 Å². The molecule has 0 atom stereocenters. The SMILES string of the molecule is O=C(Nc1ccsc1C(=O)O)c1cncc(Br)c1. The number of carboxylic acid groups (broad SMARTS) is 1. The molecule has 0 aliphatic rings. The Balaban J connectivity index is 2.21. The minimum Gasteiger partial charge on any atom is -0.477 e. The van der Waals surface area contributed by atoms with Crippen molar-refractivity contribution in [2.24, 2.45) is 0 Å². The predicted molar refractivity (Wildman–Crippen MR) is 71.2 cm³/mol. The third-order valence-electron chi connectivity index (χ3n) is 2.07. The van der Waals surface area contributed by atoms with Crippen LogP contribution in [0.3, 0.4) is 0 Å². The van der Waals surface area contributed by atoms with Gasteiger partial charge in [-0.3, -0.25) is 9.78 Å². The number of carbonyl (C=O) groups is 2. The van der Waals surface area contributed by atoms with Crippen molar-refractivity contribution in [1.82, 2.24) is 4.98 Å². The van der Waals surface area contributed by atoms with Gasteiger partial charge in [-0.2, -0.15) is 0 Å². The number of amides is 1. The number of nitrogens with zero attached hydrogens (tertiary/aromatic N) is 1. The second-order valence-electron chi connectivity index (χ2n) is 3.31. The topological polar surface area (TPSA) is 79.3 Å². The molecule has 0 saturated carbocycles. The lowest BCUT2D eigenvalue weighted by atomic mass is 10.2. The number of pyridine rings is 1. The molecule has 2 heterocycles. The normalized spacial score (nSPS) is 10.1. The lowest BCUT2D eigenvalue weighted by Gasteiger charge is -2.04. The van der Waals surface area contributed by atoms with Crippen molar-refractivity contribution < 1.29 is 14.7 Å². The van der Waals surface area contributed by atoms with E-state index in [0.29, 0.717) is 10.0 Å². The molecular formula is C11H7BrN2O3S. The first kappa shape index (κ1) is 12.7. The number of hydrogen-bond acceptors (Lipinski definition) is 4. The van der Waals surface area contributed by atoms with Crippen LogP contribution >= 0.6 is 27.3 Å². The van der Waals surface area contributed by atoms with Crippen LogP contribution in [0.5, 0.6) is 0 Å². The molecule has 2 rings (SSSR count). The van der Waals surface area contributed by atoms with Gasteiger partial charge >= 0.3 is 5.97 Å². The predicted octanol–water partition coefficient (Wildman–Crippen LogP) is 2.86. The Morgan fingerprint density at radius 3 is 2.83 bits per heavy atom. The number of rotatable bonds is 3. The molecule has 0 aromatic carbocycles. The van der Waals surface area contributed by atoms with Crippen molar-refractivity contribution >= 4 is 44.8 Å². The van der Waals surface area contributed by atoms with Crippen molar-refractivity contribution in [1.29, 1.82) is 0 Å². The molecule has 0 aliphatic carbocycles. The van der Waals surface area contributed by atoms with Crippen molar-refractivity contribution in [2.75, 3.05) is 5.32 Å². The Morgan fingerprint density at radius 2 is 2.17 bits per heavy atom. The molecule has 0 bridgehead atoms. The molecule has 0 unspecified atom stereocenters. The van der Waals surface area contributed by atoms with Crippen LogP contribution in [0.25, 0.3) is 0 Å². The Kier molecular flexibility index (Phi) is 3.73. The first-order chi connectivity index (χ1) is 8.58. The smallest absolute Gasteiger partial charge is 0.348 e. The fourth-order valence-corrected chi connectivity index (χ4v) is 2.36. The minimum atomic E-state index is -1.06. The molecule has 7 heteroatoms. The van der Waals surface area contributed by atoms with Crippen LogP contribution in [-0.4, -0.2) is 22.0 Å². The van der Waals surface area contributed by atoms with Crippen LogP contribution in [0.4, 0.5) is 5.69 Å². The molecule has 92 valence electrons. The molecule has 0 aliphatic heterocycles. The number of carbonyl (C=O) groups excluding carboxylic acids is 1. The van der Waals surface area contributed by atoms with Gasteiger partial charge < -0.3 is 10.4 Å².